The van der Waals surface area contributed by atoms with Crippen LogP contribution in [-0.2, 0) is 4.57 Å². The highest BCUT2D eigenvalue weighted by Crippen LogP contribution is 2.53. The molecule has 0 saturated heterocycles. The summed E-state index contributed by atoms with van der Waals surface area (Å²) in [6.45, 7) is 0. The number of nitrogens with zero attached hydrogens (tertiary/aromatic N) is 1. The van der Waals surface area contributed by atoms with Crippen molar-refractivity contribution >= 4 is 17.8 Å². The van der Waals surface area contributed by atoms with Crippen molar-refractivity contribution in [1.82, 2.24) is 4.98 Å². The van der Waals surface area contributed by atoms with Crippen LogP contribution in [0.1, 0.15) is 11.8 Å². The Morgan fingerprint density at radius 1 is 0.833 bits per heavy atom. The standard InChI is InChI=1S/C19H17FNO2P/c20-19(18(22)17-13-7-8-14-21-17)24(23,15-9-3-1-4-10-15)16-11-5-2-6-12-16/h1-14,18-19,22H/t18-,19-/m0/s1. The van der Waals surface area contributed by atoms with E-state index in [0.717, 1.165) is 0 Å². The number of aliphatic hydroxyl groups excluding tert-OH is 1. The highest BCUT2D eigenvalue weighted by Gasteiger charge is 2.42. The van der Waals surface area contributed by atoms with E-state index in [1.54, 1.807) is 72.8 Å². The van der Waals surface area contributed by atoms with Gasteiger partial charge in [0.05, 0.1) is 5.69 Å². The molecule has 1 aromatic heterocycles. The molecule has 0 bridgehead atoms. The second-order valence-corrected chi connectivity index (χ2v) is 8.24. The van der Waals surface area contributed by atoms with Gasteiger partial charge in [0.25, 0.3) is 0 Å². The van der Waals surface area contributed by atoms with E-state index in [0.29, 0.717) is 10.6 Å². The molecule has 0 radical (unpaired) electrons. The van der Waals surface area contributed by atoms with Crippen molar-refractivity contribution in [3.8, 4) is 0 Å². The second-order valence-electron chi connectivity index (χ2n) is 5.40. The third-order valence-corrected chi connectivity index (χ3v) is 6.99. The first-order chi connectivity index (χ1) is 11.6. The molecule has 1 heterocycles. The van der Waals surface area contributed by atoms with E-state index in [1.165, 1.54) is 12.3 Å². The van der Waals surface area contributed by atoms with Crippen molar-refractivity contribution in [3.05, 3.63) is 90.8 Å². The number of alkyl halides is 1. The van der Waals surface area contributed by atoms with Crippen LogP contribution in [-0.4, -0.2) is 16.0 Å². The lowest BCUT2D eigenvalue weighted by Gasteiger charge is -2.26. The number of halogens is 1. The molecule has 0 unspecified atom stereocenters. The number of aromatic nitrogens is 1. The summed E-state index contributed by atoms with van der Waals surface area (Å²) in [5, 5.41) is 11.2. The summed E-state index contributed by atoms with van der Waals surface area (Å²) in [5.41, 5.74) is 0.164. The first-order valence-corrected chi connectivity index (χ1v) is 9.35. The minimum Gasteiger partial charge on any atom is -0.383 e. The molecule has 0 aliphatic carbocycles. The predicted molar refractivity (Wildman–Crippen MR) is 93.9 cm³/mol. The average Bonchev–Trinajstić information content (AvgIpc) is 2.68. The fraction of sp³-hybridized carbons (Fsp3) is 0.105. The summed E-state index contributed by atoms with van der Waals surface area (Å²) in [6.07, 6.45) is -0.0984. The monoisotopic (exact) mass is 341 g/mol. The molecular weight excluding hydrogens is 324 g/mol. The number of pyridine rings is 1. The lowest BCUT2D eigenvalue weighted by atomic mass is 10.2. The third kappa shape index (κ3) is 3.03. The minimum absolute atomic E-state index is 0.164. The molecule has 2 aromatic carbocycles. The minimum atomic E-state index is -3.69. The van der Waals surface area contributed by atoms with Gasteiger partial charge in [0, 0.05) is 16.8 Å². The van der Waals surface area contributed by atoms with E-state index in [4.69, 9.17) is 0 Å². The Hall–Kier alpha value is -2.29. The Bertz CT molecular complexity index is 784. The number of aliphatic hydroxyl groups is 1. The molecule has 1 N–H and O–H groups in total. The maximum atomic E-state index is 15.3. The van der Waals surface area contributed by atoms with Crippen LogP contribution in [0.3, 0.4) is 0 Å². The normalized spacial score (nSPS) is 14.1. The van der Waals surface area contributed by atoms with Gasteiger partial charge in [-0.1, -0.05) is 66.7 Å². The van der Waals surface area contributed by atoms with Crippen LogP contribution in [0, 0.1) is 0 Å². The molecule has 2 atom stereocenters. The maximum Gasteiger partial charge on any atom is 0.192 e. The Balaban J connectivity index is 2.11. The van der Waals surface area contributed by atoms with Crippen LogP contribution in [0.2, 0.25) is 0 Å². The molecule has 0 saturated carbocycles. The first-order valence-electron chi connectivity index (χ1n) is 7.58. The molecular formula is C19H17FNO2P. The van der Waals surface area contributed by atoms with E-state index in [2.05, 4.69) is 4.98 Å². The van der Waals surface area contributed by atoms with Crippen LogP contribution in [0.4, 0.5) is 4.39 Å². The fourth-order valence-corrected chi connectivity index (χ4v) is 5.27. The predicted octanol–water partition coefficient (Wildman–Crippen LogP) is 3.42. The van der Waals surface area contributed by atoms with E-state index in [1.807, 2.05) is 0 Å². The average molecular weight is 341 g/mol. The van der Waals surface area contributed by atoms with E-state index in [-0.39, 0.29) is 5.69 Å². The zero-order chi connectivity index (χ0) is 17.0. The molecule has 0 aliphatic heterocycles. The van der Waals surface area contributed by atoms with Gasteiger partial charge < -0.3 is 9.67 Å². The summed E-state index contributed by atoms with van der Waals surface area (Å²) >= 11 is 0. The molecule has 122 valence electrons. The summed E-state index contributed by atoms with van der Waals surface area (Å²) in [5.74, 6) is -1.99. The fourth-order valence-electron chi connectivity index (χ4n) is 2.62. The molecule has 24 heavy (non-hydrogen) atoms. The van der Waals surface area contributed by atoms with E-state index < -0.39 is 19.2 Å². The topological polar surface area (TPSA) is 50.2 Å². The molecule has 3 rings (SSSR count). The van der Waals surface area contributed by atoms with Crippen molar-refractivity contribution in [1.29, 1.82) is 0 Å². The molecule has 0 aliphatic rings. The van der Waals surface area contributed by atoms with Gasteiger partial charge in [-0.05, 0) is 12.1 Å². The van der Waals surface area contributed by atoms with Crippen LogP contribution in [0.15, 0.2) is 85.1 Å². The summed E-state index contributed by atoms with van der Waals surface area (Å²) < 4.78 is 29.1. The van der Waals surface area contributed by atoms with Gasteiger partial charge in [0.15, 0.2) is 13.1 Å². The zero-order valence-corrected chi connectivity index (χ0v) is 13.8. The van der Waals surface area contributed by atoms with Gasteiger partial charge in [-0.2, -0.15) is 0 Å². The Morgan fingerprint density at radius 3 is 1.79 bits per heavy atom. The lowest BCUT2D eigenvalue weighted by Crippen LogP contribution is -2.28. The highest BCUT2D eigenvalue weighted by molar-refractivity contribution is 7.79. The molecule has 0 spiro atoms. The SMILES string of the molecule is O=P(c1ccccc1)(c1ccccc1)[C@H](F)[C@@H](O)c1ccccn1. The van der Waals surface area contributed by atoms with Gasteiger partial charge in [0.1, 0.15) is 6.10 Å². The van der Waals surface area contributed by atoms with Crippen LogP contribution < -0.4 is 10.6 Å². The van der Waals surface area contributed by atoms with Crippen molar-refractivity contribution in [2.24, 2.45) is 0 Å². The Morgan fingerprint density at radius 2 is 1.33 bits per heavy atom. The van der Waals surface area contributed by atoms with Crippen molar-refractivity contribution in [2.75, 3.05) is 0 Å². The van der Waals surface area contributed by atoms with Gasteiger partial charge in [-0.3, -0.25) is 4.98 Å². The van der Waals surface area contributed by atoms with Gasteiger partial charge >= 0.3 is 0 Å². The number of benzene rings is 2. The molecule has 3 nitrogen and oxygen atoms in total. The van der Waals surface area contributed by atoms with Gasteiger partial charge in [-0.25, -0.2) is 4.39 Å². The smallest absolute Gasteiger partial charge is 0.192 e. The van der Waals surface area contributed by atoms with E-state index in [9.17, 15) is 9.67 Å². The quantitative estimate of drug-likeness (QED) is 0.724. The number of rotatable bonds is 5. The van der Waals surface area contributed by atoms with Crippen molar-refractivity contribution < 1.29 is 14.1 Å². The summed E-state index contributed by atoms with van der Waals surface area (Å²) in [7, 11) is -3.69. The highest BCUT2D eigenvalue weighted by atomic mass is 31.2. The summed E-state index contributed by atoms with van der Waals surface area (Å²) in [4.78, 5) is 3.99. The maximum absolute atomic E-state index is 15.3. The number of hydrogen-bond donors (Lipinski definition) is 1. The van der Waals surface area contributed by atoms with Crippen LogP contribution in [0.5, 0.6) is 0 Å². The Kier molecular flexibility index (Phi) is 4.89. The van der Waals surface area contributed by atoms with Crippen LogP contribution >= 0.6 is 7.14 Å². The largest absolute Gasteiger partial charge is 0.383 e. The Labute approximate surface area is 140 Å². The number of hydrogen-bond acceptors (Lipinski definition) is 3. The molecule has 0 fully saturated rings. The van der Waals surface area contributed by atoms with Gasteiger partial charge in [0.2, 0.25) is 0 Å². The van der Waals surface area contributed by atoms with Crippen LogP contribution in [0.25, 0.3) is 0 Å². The lowest BCUT2D eigenvalue weighted by molar-refractivity contribution is 0.115. The molecule has 0 amide bonds. The molecule has 3 aromatic rings. The zero-order valence-electron chi connectivity index (χ0n) is 12.9. The molecule has 5 heteroatoms. The summed E-state index contributed by atoms with van der Waals surface area (Å²) in [6, 6.07) is 21.8. The van der Waals surface area contributed by atoms with E-state index >= 15 is 4.39 Å². The van der Waals surface area contributed by atoms with Crippen molar-refractivity contribution in [2.45, 2.75) is 12.0 Å². The van der Waals surface area contributed by atoms with Crippen molar-refractivity contribution in [3.63, 3.8) is 0 Å². The second kappa shape index (κ2) is 7.08. The first kappa shape index (κ1) is 16.6. The third-order valence-electron chi connectivity index (χ3n) is 3.88. The van der Waals surface area contributed by atoms with Gasteiger partial charge in [-0.15, -0.1) is 0 Å².